The van der Waals surface area contributed by atoms with E-state index in [9.17, 15) is 14.4 Å². The van der Waals surface area contributed by atoms with Gasteiger partial charge in [0, 0.05) is 32.4 Å². The predicted molar refractivity (Wildman–Crippen MR) is 117 cm³/mol. The molecule has 1 saturated heterocycles. The molecule has 1 aromatic heterocycles. The molecule has 9 heteroatoms. The largest absolute Gasteiger partial charge is 0.465 e. The number of aromatic nitrogens is 1. The van der Waals surface area contributed by atoms with Gasteiger partial charge in [-0.2, -0.15) is 0 Å². The zero-order valence-corrected chi connectivity index (χ0v) is 18.5. The van der Waals surface area contributed by atoms with Crippen LogP contribution in [0.5, 0.6) is 0 Å². The first kappa shape index (κ1) is 22.8. The van der Waals surface area contributed by atoms with Crippen LogP contribution in [-0.4, -0.2) is 78.6 Å². The van der Waals surface area contributed by atoms with Crippen molar-refractivity contribution in [3.05, 3.63) is 23.4 Å². The molecule has 0 saturated carbocycles. The SMILES string of the molecule is CCOC(=O)CN1CCC(N(C)C(=O)NCCCCc2ccc3c(n2)NCCC3)C1=O. The van der Waals surface area contributed by atoms with Crippen molar-refractivity contribution >= 4 is 23.7 Å². The zero-order valence-electron chi connectivity index (χ0n) is 18.5. The molecular formula is C22H33N5O4. The number of amides is 3. The molecule has 2 N–H and O–H groups in total. The minimum Gasteiger partial charge on any atom is -0.465 e. The molecule has 3 heterocycles. The van der Waals surface area contributed by atoms with Gasteiger partial charge in [-0.1, -0.05) is 6.07 Å². The molecule has 9 nitrogen and oxygen atoms in total. The van der Waals surface area contributed by atoms with Gasteiger partial charge < -0.3 is 25.2 Å². The van der Waals surface area contributed by atoms with Crippen LogP contribution in [0.3, 0.4) is 0 Å². The van der Waals surface area contributed by atoms with E-state index in [2.05, 4.69) is 22.8 Å². The number of rotatable bonds is 9. The number of ether oxygens (including phenoxy) is 1. The third kappa shape index (κ3) is 6.08. The highest BCUT2D eigenvalue weighted by atomic mass is 16.5. The number of hydrogen-bond donors (Lipinski definition) is 2. The van der Waals surface area contributed by atoms with Gasteiger partial charge in [-0.3, -0.25) is 9.59 Å². The smallest absolute Gasteiger partial charge is 0.325 e. The molecule has 0 radical (unpaired) electrons. The number of hydrogen-bond acceptors (Lipinski definition) is 6. The summed E-state index contributed by atoms with van der Waals surface area (Å²) in [5.41, 5.74) is 2.35. The van der Waals surface area contributed by atoms with Crippen LogP contribution >= 0.6 is 0 Å². The second-order valence-corrected chi connectivity index (χ2v) is 8.01. The lowest BCUT2D eigenvalue weighted by molar-refractivity contribution is -0.148. The quantitative estimate of drug-likeness (QED) is 0.454. The second-order valence-electron chi connectivity index (χ2n) is 8.01. The maximum Gasteiger partial charge on any atom is 0.325 e. The lowest BCUT2D eigenvalue weighted by Crippen LogP contribution is -2.48. The third-order valence-electron chi connectivity index (χ3n) is 5.77. The number of carbonyl (C=O) groups is 3. The number of pyridine rings is 1. The van der Waals surface area contributed by atoms with Crippen molar-refractivity contribution in [2.75, 3.05) is 45.2 Å². The lowest BCUT2D eigenvalue weighted by atomic mass is 10.1. The number of carbonyl (C=O) groups excluding carboxylic acids is 3. The standard InChI is InChI=1S/C22H33N5O4/c1-3-31-19(28)15-27-14-11-18(21(27)29)26(2)22(30)24-12-5-4-8-17-10-9-16-7-6-13-23-20(16)25-17/h9-10,18H,3-8,11-15H2,1-2H3,(H,23,25)(H,24,30). The maximum atomic E-state index is 12.5. The fraction of sp³-hybridized carbons (Fsp3) is 0.636. The fourth-order valence-corrected chi connectivity index (χ4v) is 4.00. The van der Waals surface area contributed by atoms with Crippen LogP contribution in [-0.2, 0) is 27.2 Å². The topological polar surface area (TPSA) is 104 Å². The number of likely N-dealkylation sites (N-methyl/N-ethyl adjacent to an activating group) is 1. The van der Waals surface area contributed by atoms with Gasteiger partial charge in [0.2, 0.25) is 5.91 Å². The summed E-state index contributed by atoms with van der Waals surface area (Å²) in [6.45, 7) is 3.91. The molecule has 0 aromatic carbocycles. The van der Waals surface area contributed by atoms with Crippen LogP contribution in [0.4, 0.5) is 10.6 Å². The summed E-state index contributed by atoms with van der Waals surface area (Å²) in [4.78, 5) is 44.1. The number of unbranched alkanes of at least 4 members (excludes halogenated alkanes) is 1. The van der Waals surface area contributed by atoms with Crippen LogP contribution in [0.1, 0.15) is 43.9 Å². The number of nitrogens with zero attached hydrogens (tertiary/aromatic N) is 3. The van der Waals surface area contributed by atoms with Gasteiger partial charge >= 0.3 is 12.0 Å². The van der Waals surface area contributed by atoms with E-state index in [1.807, 2.05) is 0 Å². The van der Waals surface area contributed by atoms with Crippen LogP contribution in [0.2, 0.25) is 0 Å². The van der Waals surface area contributed by atoms with Gasteiger partial charge in [0.1, 0.15) is 18.4 Å². The second kappa shape index (κ2) is 11.0. The highest BCUT2D eigenvalue weighted by Crippen LogP contribution is 2.20. The van der Waals surface area contributed by atoms with Crippen LogP contribution in [0.15, 0.2) is 12.1 Å². The highest BCUT2D eigenvalue weighted by molar-refractivity contribution is 5.90. The van der Waals surface area contributed by atoms with Crippen LogP contribution in [0.25, 0.3) is 0 Å². The van der Waals surface area contributed by atoms with Crippen LogP contribution in [0, 0.1) is 0 Å². The Morgan fingerprint density at radius 3 is 3.00 bits per heavy atom. The Kier molecular flexibility index (Phi) is 8.08. The number of fused-ring (bicyclic) bond motifs is 1. The number of anilines is 1. The van der Waals surface area contributed by atoms with E-state index < -0.39 is 12.0 Å². The fourth-order valence-electron chi connectivity index (χ4n) is 4.00. The van der Waals surface area contributed by atoms with Gasteiger partial charge in [0.05, 0.1) is 6.61 Å². The molecule has 1 aromatic rings. The Balaban J connectivity index is 1.36. The van der Waals surface area contributed by atoms with Gasteiger partial charge in [0.15, 0.2) is 0 Å². The average Bonchev–Trinajstić information content (AvgIpc) is 3.12. The van der Waals surface area contributed by atoms with E-state index in [0.717, 1.165) is 50.2 Å². The Morgan fingerprint density at radius 1 is 1.35 bits per heavy atom. The summed E-state index contributed by atoms with van der Waals surface area (Å²) in [5.74, 6) is 0.377. The zero-order chi connectivity index (χ0) is 22.2. The van der Waals surface area contributed by atoms with Crippen molar-refractivity contribution in [1.29, 1.82) is 0 Å². The normalized spacial score (nSPS) is 17.7. The minimum absolute atomic E-state index is 0.0646. The van der Waals surface area contributed by atoms with Gasteiger partial charge in [-0.15, -0.1) is 0 Å². The maximum absolute atomic E-state index is 12.5. The molecule has 2 aliphatic rings. The predicted octanol–water partition coefficient (Wildman–Crippen LogP) is 1.57. The number of aryl methyl sites for hydroxylation is 2. The third-order valence-corrected chi connectivity index (χ3v) is 5.77. The molecule has 0 spiro atoms. The van der Waals surface area contributed by atoms with Crippen molar-refractivity contribution in [2.45, 2.75) is 51.5 Å². The highest BCUT2D eigenvalue weighted by Gasteiger charge is 2.37. The van der Waals surface area contributed by atoms with E-state index in [1.54, 1.807) is 14.0 Å². The molecular weight excluding hydrogens is 398 g/mol. The molecule has 1 atom stereocenters. The van der Waals surface area contributed by atoms with E-state index in [4.69, 9.17) is 9.72 Å². The molecule has 0 bridgehead atoms. The molecule has 0 aliphatic carbocycles. The van der Waals surface area contributed by atoms with Gasteiger partial charge in [-0.05, 0) is 57.1 Å². The molecule has 3 rings (SSSR count). The van der Waals surface area contributed by atoms with E-state index >= 15 is 0 Å². The van der Waals surface area contributed by atoms with Crippen molar-refractivity contribution in [3.8, 4) is 0 Å². The summed E-state index contributed by atoms with van der Waals surface area (Å²) >= 11 is 0. The first-order valence-electron chi connectivity index (χ1n) is 11.2. The Hall–Kier alpha value is -2.84. The minimum atomic E-state index is -0.540. The number of urea groups is 1. The van der Waals surface area contributed by atoms with Crippen molar-refractivity contribution in [3.63, 3.8) is 0 Å². The van der Waals surface area contributed by atoms with Crippen molar-refractivity contribution in [2.24, 2.45) is 0 Å². The summed E-state index contributed by atoms with van der Waals surface area (Å²) in [6, 6.07) is 3.44. The molecule has 2 aliphatic heterocycles. The first-order chi connectivity index (χ1) is 15.0. The summed E-state index contributed by atoms with van der Waals surface area (Å²) in [6.07, 6.45) is 5.37. The molecule has 170 valence electrons. The Bertz CT molecular complexity index is 800. The Morgan fingerprint density at radius 2 is 2.19 bits per heavy atom. The lowest BCUT2D eigenvalue weighted by Gasteiger charge is -2.24. The molecule has 1 unspecified atom stereocenters. The summed E-state index contributed by atoms with van der Waals surface area (Å²) in [5, 5.41) is 6.24. The number of esters is 1. The first-order valence-corrected chi connectivity index (χ1v) is 11.2. The van der Waals surface area contributed by atoms with E-state index in [-0.39, 0.29) is 25.1 Å². The number of likely N-dealkylation sites (tertiary alicyclic amines) is 1. The van der Waals surface area contributed by atoms with Crippen molar-refractivity contribution in [1.82, 2.24) is 20.1 Å². The monoisotopic (exact) mass is 431 g/mol. The molecule has 3 amide bonds. The average molecular weight is 432 g/mol. The van der Waals surface area contributed by atoms with E-state index in [0.29, 0.717) is 19.5 Å². The Labute approximate surface area is 183 Å². The van der Waals surface area contributed by atoms with E-state index in [1.165, 1.54) is 15.4 Å². The van der Waals surface area contributed by atoms with Gasteiger partial charge in [-0.25, -0.2) is 9.78 Å². The van der Waals surface area contributed by atoms with Crippen molar-refractivity contribution < 1.29 is 19.1 Å². The molecule has 31 heavy (non-hydrogen) atoms. The van der Waals surface area contributed by atoms with Gasteiger partial charge in [0.25, 0.3) is 0 Å². The van der Waals surface area contributed by atoms with Crippen LogP contribution < -0.4 is 10.6 Å². The summed E-state index contributed by atoms with van der Waals surface area (Å²) < 4.78 is 4.90. The summed E-state index contributed by atoms with van der Waals surface area (Å²) in [7, 11) is 1.62. The molecule has 1 fully saturated rings. The number of nitrogens with one attached hydrogen (secondary N) is 2.